The van der Waals surface area contributed by atoms with Crippen LogP contribution in [0.25, 0.3) is 11.1 Å². The van der Waals surface area contributed by atoms with E-state index in [0.29, 0.717) is 18.3 Å². The van der Waals surface area contributed by atoms with Crippen LogP contribution >= 0.6 is 9.03 Å². The van der Waals surface area contributed by atoms with Gasteiger partial charge in [-0.1, -0.05) is 128 Å². The smallest absolute Gasteiger partial charge is 0.215 e. The molecular weight excluding hydrogens is 511 g/mol. The number of unbranched alkanes of at least 4 members (excludes halogenated alkanes) is 1. The fraction of sp³-hybridized carbons (Fsp3) is 0.667. The lowest BCUT2D eigenvalue weighted by Gasteiger charge is -2.31. The van der Waals surface area contributed by atoms with E-state index < -0.39 is 0 Å². The molecule has 2 aromatic carbocycles. The second kappa shape index (κ2) is 13.2. The van der Waals surface area contributed by atoms with E-state index in [4.69, 9.17) is 9.05 Å². The van der Waals surface area contributed by atoms with Crippen molar-refractivity contribution < 1.29 is 14.2 Å². The monoisotopic (exact) mass is 570 g/mol. The summed E-state index contributed by atoms with van der Waals surface area (Å²) in [5, 5.41) is 11.9. The molecule has 3 nitrogen and oxygen atoms in total. The van der Waals surface area contributed by atoms with E-state index in [1.807, 2.05) is 0 Å². The highest BCUT2D eigenvalue weighted by molar-refractivity contribution is 7.26. The van der Waals surface area contributed by atoms with Crippen LogP contribution < -0.4 is 4.52 Å². The van der Waals surface area contributed by atoms with Crippen molar-refractivity contribution in [2.24, 2.45) is 5.92 Å². The van der Waals surface area contributed by atoms with Gasteiger partial charge in [0.2, 0.25) is 9.03 Å². The van der Waals surface area contributed by atoms with Gasteiger partial charge in [0.15, 0.2) is 0 Å². The molecule has 0 amide bonds. The largest absolute Gasteiger partial charge is 0.507 e. The Hall–Kier alpha value is -1.57. The van der Waals surface area contributed by atoms with Crippen LogP contribution in [0.1, 0.15) is 145 Å². The number of aromatic hydroxyl groups is 1. The standard InChI is InChI=1S/C36H59O3P/c1-15-17-18-24(16-2)23-38-40-39-32-28(20-26(34(6,7)8)22-30(32)36(12,13)14)27-19-25(33(3,4)5)21-29(31(27)37)35(9,10)11/h19-22,24,37,40H,15-18,23H2,1-14H3. The van der Waals surface area contributed by atoms with E-state index in [9.17, 15) is 5.11 Å². The van der Waals surface area contributed by atoms with Crippen LogP contribution in [0, 0.1) is 5.92 Å². The SMILES string of the molecule is CCCCC(CC)COPOc1c(-c2cc(C(C)(C)C)cc(C(C)(C)C)c2O)cc(C(C)(C)C)cc1C(C)(C)C. The van der Waals surface area contributed by atoms with Crippen molar-refractivity contribution >= 4 is 9.03 Å². The van der Waals surface area contributed by atoms with Crippen LogP contribution in [0.5, 0.6) is 11.5 Å². The van der Waals surface area contributed by atoms with Gasteiger partial charge < -0.3 is 14.2 Å². The molecule has 2 aromatic rings. The average molecular weight is 571 g/mol. The molecule has 4 heteroatoms. The molecular formula is C36H59O3P. The van der Waals surface area contributed by atoms with Gasteiger partial charge in [0, 0.05) is 22.3 Å². The minimum Gasteiger partial charge on any atom is -0.507 e. The minimum atomic E-state index is -0.214. The Morgan fingerprint density at radius 3 is 1.65 bits per heavy atom. The number of phenols is 1. The van der Waals surface area contributed by atoms with Crippen molar-refractivity contribution in [2.75, 3.05) is 6.61 Å². The Bertz CT molecular complexity index is 1120. The Morgan fingerprint density at radius 2 is 1.20 bits per heavy atom. The van der Waals surface area contributed by atoms with Crippen molar-refractivity contribution in [2.45, 2.75) is 144 Å². The molecule has 0 heterocycles. The molecule has 0 aliphatic rings. The first kappa shape index (κ1) is 34.6. The second-order valence-corrected chi connectivity index (χ2v) is 16.4. The predicted molar refractivity (Wildman–Crippen MR) is 177 cm³/mol. The van der Waals surface area contributed by atoms with E-state index in [1.165, 1.54) is 30.4 Å². The molecule has 0 saturated heterocycles. The topological polar surface area (TPSA) is 38.7 Å². The van der Waals surface area contributed by atoms with Crippen LogP contribution in [0.15, 0.2) is 24.3 Å². The van der Waals surface area contributed by atoms with Crippen LogP contribution in [0.3, 0.4) is 0 Å². The Kier molecular flexibility index (Phi) is 11.4. The molecule has 0 aliphatic heterocycles. The normalized spacial score (nSPS) is 14.2. The molecule has 226 valence electrons. The molecule has 1 N–H and O–H groups in total. The number of hydrogen-bond donors (Lipinski definition) is 1. The molecule has 2 atom stereocenters. The molecule has 0 aromatic heterocycles. The first-order valence-corrected chi connectivity index (χ1v) is 16.1. The predicted octanol–water partition coefficient (Wildman–Crippen LogP) is 11.4. The second-order valence-electron chi connectivity index (χ2n) is 15.7. The van der Waals surface area contributed by atoms with Crippen LogP contribution in [0.2, 0.25) is 0 Å². The van der Waals surface area contributed by atoms with Crippen LogP contribution in [-0.4, -0.2) is 11.7 Å². The van der Waals surface area contributed by atoms with Crippen LogP contribution in [-0.2, 0) is 26.2 Å². The van der Waals surface area contributed by atoms with E-state index >= 15 is 0 Å². The van der Waals surface area contributed by atoms with Gasteiger partial charge in [-0.2, -0.15) is 0 Å². The summed E-state index contributed by atoms with van der Waals surface area (Å²) in [6, 6.07) is 8.89. The van der Waals surface area contributed by atoms with E-state index in [2.05, 4.69) is 121 Å². The summed E-state index contributed by atoms with van der Waals surface area (Å²) in [5.74, 6) is 1.72. The molecule has 0 bridgehead atoms. The van der Waals surface area contributed by atoms with E-state index in [0.717, 1.165) is 34.4 Å². The van der Waals surface area contributed by atoms with Crippen molar-refractivity contribution in [3.05, 3.63) is 46.5 Å². The summed E-state index contributed by atoms with van der Waals surface area (Å²) in [7, 11) is -0.101. The highest BCUT2D eigenvalue weighted by Crippen LogP contribution is 2.50. The molecule has 0 fully saturated rings. The summed E-state index contributed by atoms with van der Waals surface area (Å²) in [6.07, 6.45) is 4.75. The molecule has 2 rings (SSSR count). The van der Waals surface area contributed by atoms with Gasteiger partial charge in [-0.25, -0.2) is 0 Å². The Morgan fingerprint density at radius 1 is 0.700 bits per heavy atom. The molecule has 0 radical (unpaired) electrons. The zero-order valence-electron chi connectivity index (χ0n) is 28.2. The first-order chi connectivity index (χ1) is 18.2. The third kappa shape index (κ3) is 8.96. The molecule has 0 saturated carbocycles. The van der Waals surface area contributed by atoms with Crippen LogP contribution in [0.4, 0.5) is 0 Å². The van der Waals surface area contributed by atoms with Crippen molar-refractivity contribution in [1.29, 1.82) is 0 Å². The fourth-order valence-corrected chi connectivity index (χ4v) is 5.56. The summed E-state index contributed by atoms with van der Waals surface area (Å²) in [5.41, 5.74) is 5.80. The van der Waals surface area contributed by atoms with Crippen molar-refractivity contribution in [3.8, 4) is 22.6 Å². The third-order valence-electron chi connectivity index (χ3n) is 7.90. The lowest BCUT2D eigenvalue weighted by Crippen LogP contribution is -2.19. The van der Waals surface area contributed by atoms with E-state index in [1.54, 1.807) is 0 Å². The average Bonchev–Trinajstić information content (AvgIpc) is 2.80. The van der Waals surface area contributed by atoms with Gasteiger partial charge in [-0.3, -0.25) is 0 Å². The van der Waals surface area contributed by atoms with Gasteiger partial charge in [0.1, 0.15) is 11.5 Å². The summed E-state index contributed by atoms with van der Waals surface area (Å²) in [6.45, 7) is 31.8. The van der Waals surface area contributed by atoms with Crippen molar-refractivity contribution in [3.63, 3.8) is 0 Å². The molecule has 0 aliphatic carbocycles. The zero-order chi connectivity index (χ0) is 30.7. The van der Waals surface area contributed by atoms with Gasteiger partial charge >= 0.3 is 0 Å². The number of hydrogen-bond acceptors (Lipinski definition) is 3. The summed E-state index contributed by atoms with van der Waals surface area (Å²) < 4.78 is 12.8. The summed E-state index contributed by atoms with van der Waals surface area (Å²) >= 11 is 0. The first-order valence-electron chi connectivity index (χ1n) is 15.3. The maximum Gasteiger partial charge on any atom is 0.215 e. The number of benzene rings is 2. The quantitative estimate of drug-likeness (QED) is 0.228. The maximum absolute atomic E-state index is 11.9. The van der Waals surface area contributed by atoms with E-state index in [-0.39, 0.29) is 30.7 Å². The van der Waals surface area contributed by atoms with Gasteiger partial charge in [-0.05, 0) is 57.3 Å². The zero-order valence-corrected chi connectivity index (χ0v) is 29.2. The highest BCUT2D eigenvalue weighted by atomic mass is 31.1. The molecule has 40 heavy (non-hydrogen) atoms. The van der Waals surface area contributed by atoms with Gasteiger partial charge in [0.05, 0.1) is 6.61 Å². The molecule has 2 unspecified atom stereocenters. The Labute approximate surface area is 248 Å². The lowest BCUT2D eigenvalue weighted by molar-refractivity contribution is 0.243. The number of rotatable bonds is 10. The lowest BCUT2D eigenvalue weighted by atomic mass is 9.75. The fourth-order valence-electron chi connectivity index (χ4n) is 4.89. The number of phenolic OH excluding ortho intramolecular Hbond substituents is 1. The minimum absolute atomic E-state index is 0.0657. The van der Waals surface area contributed by atoms with Gasteiger partial charge in [-0.15, -0.1) is 0 Å². The maximum atomic E-state index is 11.9. The summed E-state index contributed by atoms with van der Waals surface area (Å²) in [4.78, 5) is 0. The Balaban J connectivity index is 2.80. The molecule has 0 spiro atoms. The highest BCUT2D eigenvalue weighted by Gasteiger charge is 2.31. The van der Waals surface area contributed by atoms with Gasteiger partial charge in [0.25, 0.3) is 0 Å². The van der Waals surface area contributed by atoms with Crippen molar-refractivity contribution in [1.82, 2.24) is 0 Å². The third-order valence-corrected chi connectivity index (χ3v) is 8.47.